The van der Waals surface area contributed by atoms with Crippen LogP contribution in [-0.4, -0.2) is 24.1 Å². The first-order chi connectivity index (χ1) is 9.29. The summed E-state index contributed by atoms with van der Waals surface area (Å²) < 4.78 is 0. The summed E-state index contributed by atoms with van der Waals surface area (Å²) in [6, 6.07) is 0.788. The van der Waals surface area contributed by atoms with Gasteiger partial charge in [-0.1, -0.05) is 6.42 Å². The number of hydrogen-bond acceptors (Lipinski definition) is 4. The highest BCUT2D eigenvalue weighted by atomic mass is 32.1. The van der Waals surface area contributed by atoms with Crippen LogP contribution in [0.15, 0.2) is 0 Å². The van der Waals surface area contributed by atoms with Crippen molar-refractivity contribution in [1.29, 1.82) is 0 Å². The fourth-order valence-electron chi connectivity index (χ4n) is 3.63. The van der Waals surface area contributed by atoms with E-state index in [4.69, 9.17) is 4.98 Å². The van der Waals surface area contributed by atoms with E-state index < -0.39 is 0 Å². The van der Waals surface area contributed by atoms with Gasteiger partial charge in [-0.25, -0.2) is 4.98 Å². The number of nitrogens with one attached hydrogen (secondary N) is 1. The van der Waals surface area contributed by atoms with Crippen LogP contribution in [0.3, 0.4) is 0 Å². The van der Waals surface area contributed by atoms with Gasteiger partial charge in [0.2, 0.25) is 0 Å². The molecule has 1 aromatic heterocycles. The lowest BCUT2D eigenvalue weighted by atomic mass is 10.0. The van der Waals surface area contributed by atoms with Gasteiger partial charge in [0.1, 0.15) is 0 Å². The Labute approximate surface area is 119 Å². The predicted molar refractivity (Wildman–Crippen MR) is 79.8 cm³/mol. The van der Waals surface area contributed by atoms with Crippen LogP contribution in [-0.2, 0) is 6.54 Å². The van der Waals surface area contributed by atoms with Crippen molar-refractivity contribution in [3.05, 3.63) is 10.6 Å². The molecule has 2 unspecified atom stereocenters. The van der Waals surface area contributed by atoms with Gasteiger partial charge in [0.05, 0.1) is 5.69 Å². The van der Waals surface area contributed by atoms with E-state index in [9.17, 15) is 0 Å². The summed E-state index contributed by atoms with van der Waals surface area (Å²) in [7, 11) is 0. The van der Waals surface area contributed by atoms with Gasteiger partial charge in [-0.15, -0.1) is 11.3 Å². The maximum Gasteiger partial charge on any atom is 0.185 e. The summed E-state index contributed by atoms with van der Waals surface area (Å²) in [5, 5.41) is 4.89. The Kier molecular flexibility index (Phi) is 3.03. The second kappa shape index (κ2) is 4.74. The number of thiazole rings is 1. The zero-order valence-corrected chi connectivity index (χ0v) is 12.5. The molecule has 0 aromatic carbocycles. The Morgan fingerprint density at radius 3 is 2.63 bits per heavy atom. The lowest BCUT2D eigenvalue weighted by Crippen LogP contribution is -2.20. The molecule has 3 aliphatic rings. The van der Waals surface area contributed by atoms with Gasteiger partial charge < -0.3 is 10.2 Å². The zero-order valence-electron chi connectivity index (χ0n) is 11.7. The van der Waals surface area contributed by atoms with E-state index in [2.05, 4.69) is 17.1 Å². The van der Waals surface area contributed by atoms with Crippen molar-refractivity contribution in [2.45, 2.75) is 51.6 Å². The molecule has 1 N–H and O–H groups in total. The van der Waals surface area contributed by atoms with Crippen molar-refractivity contribution in [3.8, 4) is 0 Å². The van der Waals surface area contributed by atoms with Crippen molar-refractivity contribution in [2.24, 2.45) is 11.8 Å². The molecule has 3 fully saturated rings. The van der Waals surface area contributed by atoms with Crippen molar-refractivity contribution < 1.29 is 0 Å². The molecule has 0 bridgehead atoms. The van der Waals surface area contributed by atoms with Crippen LogP contribution in [0.2, 0.25) is 0 Å². The third kappa shape index (κ3) is 2.40. The molecule has 0 radical (unpaired) electrons. The normalized spacial score (nSPS) is 30.1. The minimum absolute atomic E-state index is 0.788. The maximum absolute atomic E-state index is 4.82. The van der Waals surface area contributed by atoms with Crippen LogP contribution in [0.4, 0.5) is 5.13 Å². The molecule has 1 saturated heterocycles. The molecule has 19 heavy (non-hydrogen) atoms. The lowest BCUT2D eigenvalue weighted by molar-refractivity contribution is 0.494. The monoisotopic (exact) mass is 277 g/mol. The zero-order chi connectivity index (χ0) is 12.8. The molecule has 3 nitrogen and oxygen atoms in total. The van der Waals surface area contributed by atoms with Crippen molar-refractivity contribution in [3.63, 3.8) is 0 Å². The molecule has 1 aliphatic heterocycles. The van der Waals surface area contributed by atoms with Crippen LogP contribution in [0, 0.1) is 18.8 Å². The van der Waals surface area contributed by atoms with Crippen LogP contribution in [0.25, 0.3) is 0 Å². The molecular weight excluding hydrogens is 254 g/mol. The SMILES string of the molecule is Cc1nc(N2CC3CCCC3C2)sc1CNC1CC1. The Balaban J connectivity index is 1.44. The van der Waals surface area contributed by atoms with E-state index in [0.29, 0.717) is 0 Å². The Bertz CT molecular complexity index is 454. The fourth-order valence-corrected chi connectivity index (χ4v) is 4.66. The van der Waals surface area contributed by atoms with Crippen LogP contribution < -0.4 is 10.2 Å². The summed E-state index contributed by atoms with van der Waals surface area (Å²) in [4.78, 5) is 8.81. The maximum atomic E-state index is 4.82. The quantitative estimate of drug-likeness (QED) is 0.917. The fraction of sp³-hybridized carbons (Fsp3) is 0.800. The van der Waals surface area contributed by atoms with Crippen LogP contribution in [0.1, 0.15) is 42.7 Å². The van der Waals surface area contributed by atoms with E-state index >= 15 is 0 Å². The van der Waals surface area contributed by atoms with Gasteiger partial charge in [-0.2, -0.15) is 0 Å². The van der Waals surface area contributed by atoms with E-state index in [1.165, 1.54) is 60.9 Å². The first-order valence-corrected chi connectivity index (χ1v) is 8.56. The first kappa shape index (κ1) is 12.2. The number of aryl methyl sites for hydroxylation is 1. The number of nitrogens with zero attached hydrogens (tertiary/aromatic N) is 2. The minimum atomic E-state index is 0.788. The Hall–Kier alpha value is -0.610. The molecule has 0 spiro atoms. The molecular formula is C15H23N3S. The summed E-state index contributed by atoms with van der Waals surface area (Å²) in [6.45, 7) is 5.70. The van der Waals surface area contributed by atoms with Gasteiger partial charge in [0.15, 0.2) is 5.13 Å². The van der Waals surface area contributed by atoms with Gasteiger partial charge in [0, 0.05) is 30.6 Å². The number of anilines is 1. The molecule has 4 rings (SSSR count). The Morgan fingerprint density at radius 1 is 1.21 bits per heavy atom. The van der Waals surface area contributed by atoms with Crippen LogP contribution >= 0.6 is 11.3 Å². The van der Waals surface area contributed by atoms with Crippen LogP contribution in [0.5, 0.6) is 0 Å². The highest BCUT2D eigenvalue weighted by Gasteiger charge is 2.37. The predicted octanol–water partition coefficient (Wildman–Crippen LogP) is 2.94. The summed E-state index contributed by atoms with van der Waals surface area (Å²) >= 11 is 1.92. The molecule has 2 heterocycles. The molecule has 4 heteroatoms. The molecule has 104 valence electrons. The average molecular weight is 277 g/mol. The summed E-state index contributed by atoms with van der Waals surface area (Å²) in [5.74, 6) is 1.91. The molecule has 0 amide bonds. The number of rotatable bonds is 4. The van der Waals surface area contributed by atoms with E-state index in [-0.39, 0.29) is 0 Å². The van der Waals surface area contributed by atoms with E-state index in [1.54, 1.807) is 0 Å². The Morgan fingerprint density at radius 2 is 1.95 bits per heavy atom. The van der Waals surface area contributed by atoms with E-state index in [0.717, 1.165) is 24.4 Å². The smallest absolute Gasteiger partial charge is 0.185 e. The van der Waals surface area contributed by atoms with Gasteiger partial charge in [-0.05, 0) is 44.4 Å². The molecule has 2 aliphatic carbocycles. The third-order valence-corrected chi connectivity index (χ3v) is 6.23. The standard InChI is InChI=1S/C15H23N3S/c1-10-14(7-16-13-5-6-13)19-15(17-10)18-8-11-3-2-4-12(11)9-18/h11-13,16H,2-9H2,1H3. The molecule has 2 saturated carbocycles. The van der Waals surface area contributed by atoms with Crippen molar-refractivity contribution in [2.75, 3.05) is 18.0 Å². The topological polar surface area (TPSA) is 28.2 Å². The highest BCUT2D eigenvalue weighted by molar-refractivity contribution is 7.15. The summed E-state index contributed by atoms with van der Waals surface area (Å²) in [6.07, 6.45) is 7.07. The second-order valence-corrected chi connectivity index (χ2v) is 7.58. The van der Waals surface area contributed by atoms with E-state index in [1.807, 2.05) is 11.3 Å². The summed E-state index contributed by atoms with van der Waals surface area (Å²) in [5.41, 5.74) is 1.24. The van der Waals surface area contributed by atoms with Gasteiger partial charge in [0.25, 0.3) is 0 Å². The van der Waals surface area contributed by atoms with Gasteiger partial charge >= 0.3 is 0 Å². The minimum Gasteiger partial charge on any atom is -0.348 e. The molecule has 1 aromatic rings. The third-order valence-electron chi connectivity index (χ3n) is 5.01. The van der Waals surface area contributed by atoms with Gasteiger partial charge in [-0.3, -0.25) is 0 Å². The lowest BCUT2D eigenvalue weighted by Gasteiger charge is -2.15. The van der Waals surface area contributed by atoms with Crippen molar-refractivity contribution in [1.82, 2.24) is 10.3 Å². The average Bonchev–Trinajstić information content (AvgIpc) is 2.80. The number of hydrogen-bond donors (Lipinski definition) is 1. The number of aromatic nitrogens is 1. The number of fused-ring (bicyclic) bond motifs is 1. The highest BCUT2D eigenvalue weighted by Crippen LogP contribution is 2.40. The first-order valence-electron chi connectivity index (χ1n) is 7.74. The van der Waals surface area contributed by atoms with Crippen molar-refractivity contribution >= 4 is 16.5 Å². The second-order valence-electron chi connectivity index (χ2n) is 6.52. The molecule has 2 atom stereocenters. The largest absolute Gasteiger partial charge is 0.348 e.